The summed E-state index contributed by atoms with van der Waals surface area (Å²) in [5.41, 5.74) is 1.38. The van der Waals surface area contributed by atoms with Gasteiger partial charge in [-0.3, -0.25) is 0 Å². The van der Waals surface area contributed by atoms with E-state index in [0.717, 1.165) is 43.5 Å². The van der Waals surface area contributed by atoms with Crippen molar-refractivity contribution in [1.82, 2.24) is 4.90 Å². The van der Waals surface area contributed by atoms with Crippen LogP contribution in [0, 0.1) is 11.8 Å². The van der Waals surface area contributed by atoms with E-state index >= 15 is 0 Å². The zero-order valence-electron chi connectivity index (χ0n) is 20.5. The molecule has 0 bridgehead atoms. The van der Waals surface area contributed by atoms with Gasteiger partial charge < -0.3 is 19.3 Å². The number of ether oxygens (including phenoxy) is 2. The molecule has 0 radical (unpaired) electrons. The van der Waals surface area contributed by atoms with Crippen LogP contribution in [-0.4, -0.2) is 62.3 Å². The minimum absolute atomic E-state index is 0.362. The maximum absolute atomic E-state index is 13.1. The maximum atomic E-state index is 13.1. The molecule has 4 rings (SSSR count). The molecule has 3 aliphatic rings. The Morgan fingerprint density at radius 2 is 1.55 bits per heavy atom. The van der Waals surface area contributed by atoms with Gasteiger partial charge in [0, 0.05) is 24.8 Å². The van der Waals surface area contributed by atoms with E-state index in [1.807, 2.05) is 18.2 Å². The van der Waals surface area contributed by atoms with E-state index in [9.17, 15) is 9.59 Å². The van der Waals surface area contributed by atoms with E-state index in [-0.39, 0.29) is 0 Å². The molecule has 2 fully saturated rings. The molecule has 2 aliphatic heterocycles. The number of benzene rings is 1. The molecular formula is C27H38N2O4. The first kappa shape index (κ1) is 23.8. The average Bonchev–Trinajstić information content (AvgIpc) is 3.18. The molecule has 1 aromatic carbocycles. The fourth-order valence-corrected chi connectivity index (χ4v) is 6.37. The van der Waals surface area contributed by atoms with Gasteiger partial charge in [0.05, 0.1) is 37.4 Å². The number of hydrogen-bond donors (Lipinski definition) is 0. The molecule has 1 saturated carbocycles. The number of methoxy groups -OCH3 is 2. The second-order valence-electron chi connectivity index (χ2n) is 10.1. The highest BCUT2D eigenvalue weighted by Crippen LogP contribution is 2.46. The van der Waals surface area contributed by atoms with Gasteiger partial charge in [0.2, 0.25) is 0 Å². The molecule has 1 aliphatic carbocycles. The van der Waals surface area contributed by atoms with Crippen molar-refractivity contribution in [2.45, 2.75) is 64.0 Å². The summed E-state index contributed by atoms with van der Waals surface area (Å²) in [7, 11) is 2.77. The molecule has 33 heavy (non-hydrogen) atoms. The average molecular weight is 455 g/mol. The Kier molecular flexibility index (Phi) is 7.13. The molecule has 1 saturated heterocycles. The fraction of sp³-hybridized carbons (Fsp3) is 0.630. The molecule has 1 aromatic rings. The lowest BCUT2D eigenvalue weighted by Gasteiger charge is -2.49. The molecule has 0 N–H and O–H groups in total. The SMILES string of the molecule is COC(=O)C1=C(C(=O)OC)C2(CCN(C3CCC(C(C)C)CC3)CC2)N(c2ccccc2)C1. The molecule has 0 aromatic heterocycles. The van der Waals surface area contributed by atoms with Gasteiger partial charge >= 0.3 is 11.9 Å². The summed E-state index contributed by atoms with van der Waals surface area (Å²) < 4.78 is 10.3. The van der Waals surface area contributed by atoms with Crippen molar-refractivity contribution in [3.63, 3.8) is 0 Å². The number of carbonyl (C=O) groups excluding carboxylic acids is 2. The van der Waals surface area contributed by atoms with Crippen molar-refractivity contribution in [2.75, 3.05) is 38.8 Å². The number of nitrogens with zero attached hydrogens (tertiary/aromatic N) is 2. The largest absolute Gasteiger partial charge is 0.466 e. The molecule has 180 valence electrons. The Hall–Kier alpha value is -2.34. The van der Waals surface area contributed by atoms with E-state index in [1.54, 1.807) is 0 Å². The molecule has 6 heteroatoms. The first-order valence-corrected chi connectivity index (χ1v) is 12.4. The molecule has 0 atom stereocenters. The molecule has 2 heterocycles. The summed E-state index contributed by atoms with van der Waals surface area (Å²) in [4.78, 5) is 30.6. The van der Waals surface area contributed by atoms with Crippen LogP contribution in [0.1, 0.15) is 52.4 Å². The Balaban J connectivity index is 1.61. The third kappa shape index (κ3) is 4.42. The van der Waals surface area contributed by atoms with Gasteiger partial charge in [0.1, 0.15) is 0 Å². The molecule has 6 nitrogen and oxygen atoms in total. The van der Waals surface area contributed by atoms with Gasteiger partial charge in [-0.2, -0.15) is 0 Å². The highest BCUT2D eigenvalue weighted by Gasteiger charge is 2.53. The normalized spacial score (nSPS) is 25.5. The van der Waals surface area contributed by atoms with Gasteiger partial charge in [-0.05, 0) is 62.5 Å². The highest BCUT2D eigenvalue weighted by atomic mass is 16.5. The number of carbonyl (C=O) groups is 2. The molecule has 0 amide bonds. The summed E-state index contributed by atoms with van der Waals surface area (Å²) in [6.45, 7) is 6.87. The monoisotopic (exact) mass is 454 g/mol. The molecular weight excluding hydrogens is 416 g/mol. The van der Waals surface area contributed by atoms with Crippen molar-refractivity contribution in [3.05, 3.63) is 41.5 Å². The second kappa shape index (κ2) is 9.88. The lowest BCUT2D eigenvalue weighted by atomic mass is 9.76. The minimum atomic E-state index is -0.552. The van der Waals surface area contributed by atoms with E-state index in [1.165, 1.54) is 39.9 Å². The van der Waals surface area contributed by atoms with Gasteiger partial charge in [-0.15, -0.1) is 0 Å². The number of hydrogen-bond acceptors (Lipinski definition) is 6. The Morgan fingerprint density at radius 1 is 0.939 bits per heavy atom. The van der Waals surface area contributed by atoms with Gasteiger partial charge in [-0.1, -0.05) is 32.0 Å². The van der Waals surface area contributed by atoms with Crippen molar-refractivity contribution in [1.29, 1.82) is 0 Å². The number of anilines is 1. The van der Waals surface area contributed by atoms with Crippen LogP contribution in [0.4, 0.5) is 5.69 Å². The van der Waals surface area contributed by atoms with Gasteiger partial charge in [0.15, 0.2) is 0 Å². The second-order valence-corrected chi connectivity index (χ2v) is 10.1. The Morgan fingerprint density at radius 3 is 2.09 bits per heavy atom. The summed E-state index contributed by atoms with van der Waals surface area (Å²) in [6.07, 6.45) is 6.70. The van der Waals surface area contributed by atoms with Crippen molar-refractivity contribution in [2.24, 2.45) is 11.8 Å². The molecule has 1 spiro atoms. The van der Waals surface area contributed by atoms with Crippen molar-refractivity contribution >= 4 is 17.6 Å². The van der Waals surface area contributed by atoms with E-state index in [2.05, 4.69) is 35.8 Å². The zero-order chi connectivity index (χ0) is 23.6. The van der Waals surface area contributed by atoms with Crippen LogP contribution in [0.25, 0.3) is 0 Å². The van der Waals surface area contributed by atoms with Crippen molar-refractivity contribution in [3.8, 4) is 0 Å². The summed E-state index contributed by atoms with van der Waals surface area (Å²) in [5.74, 6) is 0.748. The first-order chi connectivity index (χ1) is 15.9. The number of para-hydroxylation sites is 1. The van der Waals surface area contributed by atoms with E-state index < -0.39 is 17.5 Å². The van der Waals surface area contributed by atoms with E-state index in [0.29, 0.717) is 23.7 Å². The Labute approximate surface area is 197 Å². The number of esters is 2. The highest BCUT2D eigenvalue weighted by molar-refractivity contribution is 6.05. The number of piperidine rings is 1. The van der Waals surface area contributed by atoms with Crippen LogP contribution in [0.3, 0.4) is 0 Å². The van der Waals surface area contributed by atoms with Crippen LogP contribution in [-0.2, 0) is 19.1 Å². The fourth-order valence-electron chi connectivity index (χ4n) is 6.37. The quantitative estimate of drug-likeness (QED) is 0.622. The lowest BCUT2D eigenvalue weighted by molar-refractivity contribution is -0.139. The van der Waals surface area contributed by atoms with Gasteiger partial charge in [0.25, 0.3) is 0 Å². The molecule has 0 unspecified atom stereocenters. The van der Waals surface area contributed by atoms with Crippen LogP contribution >= 0.6 is 0 Å². The predicted molar refractivity (Wildman–Crippen MR) is 129 cm³/mol. The third-order valence-corrected chi connectivity index (χ3v) is 8.31. The van der Waals surface area contributed by atoms with Crippen molar-refractivity contribution < 1.29 is 19.1 Å². The Bertz CT molecular complexity index is 879. The van der Waals surface area contributed by atoms with Crippen LogP contribution in [0.15, 0.2) is 41.5 Å². The minimum Gasteiger partial charge on any atom is -0.466 e. The number of rotatable bonds is 5. The summed E-state index contributed by atoms with van der Waals surface area (Å²) in [6, 6.07) is 10.7. The first-order valence-electron chi connectivity index (χ1n) is 12.4. The number of likely N-dealkylation sites (tertiary alicyclic amines) is 1. The smallest absolute Gasteiger partial charge is 0.336 e. The van der Waals surface area contributed by atoms with Crippen LogP contribution in [0.5, 0.6) is 0 Å². The lowest BCUT2D eigenvalue weighted by Crippen LogP contribution is -2.57. The zero-order valence-corrected chi connectivity index (χ0v) is 20.5. The van der Waals surface area contributed by atoms with E-state index in [4.69, 9.17) is 9.47 Å². The standard InChI is InChI=1S/C27H38N2O4/c1-19(2)20-10-12-21(13-11-20)28-16-14-27(15-17-28)24(26(31)33-4)23(25(30)32-3)18-29(27)22-8-6-5-7-9-22/h5-9,19-21H,10-18H2,1-4H3. The van der Waals surface area contributed by atoms with Crippen LogP contribution in [0.2, 0.25) is 0 Å². The summed E-state index contributed by atoms with van der Waals surface area (Å²) in [5, 5.41) is 0. The topological polar surface area (TPSA) is 59.1 Å². The maximum Gasteiger partial charge on any atom is 0.336 e. The third-order valence-electron chi connectivity index (χ3n) is 8.31. The summed E-state index contributed by atoms with van der Waals surface area (Å²) >= 11 is 0. The van der Waals surface area contributed by atoms with Gasteiger partial charge in [-0.25, -0.2) is 9.59 Å². The van der Waals surface area contributed by atoms with Crippen LogP contribution < -0.4 is 4.90 Å². The predicted octanol–water partition coefficient (Wildman–Crippen LogP) is 4.20.